The number of rotatable bonds is 3. The molecule has 0 aliphatic rings. The molecule has 0 fully saturated rings. The Labute approximate surface area is 122 Å². The summed E-state index contributed by atoms with van der Waals surface area (Å²) in [5, 5.41) is -0.160. The summed E-state index contributed by atoms with van der Waals surface area (Å²) >= 11 is 6.30. The highest BCUT2D eigenvalue weighted by atomic mass is 35.5. The molecule has 0 aliphatic heterocycles. The van der Waals surface area contributed by atoms with Crippen molar-refractivity contribution in [3.05, 3.63) is 54.4 Å². The molecule has 2 unspecified atom stereocenters. The third-order valence-corrected chi connectivity index (χ3v) is 3.65. The van der Waals surface area contributed by atoms with Gasteiger partial charge in [0.1, 0.15) is 11.3 Å². The summed E-state index contributed by atoms with van der Waals surface area (Å²) in [6.07, 6.45) is 7.16. The number of fused-ring (bicyclic) bond motifs is 1. The van der Waals surface area contributed by atoms with E-state index < -0.39 is 0 Å². The number of aromatic nitrogens is 4. The summed E-state index contributed by atoms with van der Waals surface area (Å²) in [7, 11) is 0. The second-order valence-corrected chi connectivity index (χ2v) is 5.43. The van der Waals surface area contributed by atoms with Crippen molar-refractivity contribution >= 4 is 22.6 Å². The topological polar surface area (TPSA) is 43.6 Å². The molecular formula is C15H15ClN4. The van der Waals surface area contributed by atoms with Crippen molar-refractivity contribution in [2.45, 2.75) is 25.3 Å². The predicted octanol–water partition coefficient (Wildman–Crippen LogP) is 3.74. The number of alkyl halides is 1. The van der Waals surface area contributed by atoms with Gasteiger partial charge in [-0.15, -0.1) is 11.6 Å². The average Bonchev–Trinajstić information content (AvgIpc) is 2.87. The third kappa shape index (κ3) is 2.16. The van der Waals surface area contributed by atoms with Crippen molar-refractivity contribution in [3.8, 4) is 0 Å². The monoisotopic (exact) mass is 286 g/mol. The highest BCUT2D eigenvalue weighted by molar-refractivity contribution is 6.20. The average molecular weight is 287 g/mol. The molecule has 0 aromatic carbocycles. The molecule has 2 atom stereocenters. The van der Waals surface area contributed by atoms with E-state index >= 15 is 0 Å². The molecule has 5 heteroatoms. The van der Waals surface area contributed by atoms with Gasteiger partial charge in [-0.1, -0.05) is 0 Å². The Morgan fingerprint density at radius 2 is 1.75 bits per heavy atom. The largest absolute Gasteiger partial charge is 0.319 e. The van der Waals surface area contributed by atoms with Crippen molar-refractivity contribution in [2.24, 2.45) is 0 Å². The van der Waals surface area contributed by atoms with Crippen LogP contribution >= 0.6 is 11.6 Å². The molecule has 0 spiro atoms. The Morgan fingerprint density at radius 1 is 1.05 bits per heavy atom. The predicted molar refractivity (Wildman–Crippen MR) is 79.8 cm³/mol. The summed E-state index contributed by atoms with van der Waals surface area (Å²) in [6, 6.07) is 6.14. The van der Waals surface area contributed by atoms with E-state index in [-0.39, 0.29) is 11.4 Å². The molecule has 0 amide bonds. The van der Waals surface area contributed by atoms with E-state index in [9.17, 15) is 0 Å². The first-order valence-electron chi connectivity index (χ1n) is 6.54. The summed E-state index contributed by atoms with van der Waals surface area (Å²) < 4.78 is 2.17. The lowest BCUT2D eigenvalue weighted by atomic mass is 10.1. The zero-order valence-corrected chi connectivity index (χ0v) is 12.1. The van der Waals surface area contributed by atoms with E-state index in [1.807, 2.05) is 25.1 Å². The molecule has 0 saturated heterocycles. The summed E-state index contributed by atoms with van der Waals surface area (Å²) in [6.45, 7) is 4.08. The van der Waals surface area contributed by atoms with Crippen LogP contribution in [0, 0.1) is 0 Å². The standard InChI is InChI=1S/C15H15ClN4/c1-10(16)15-19-13-9-18-8-5-14(13)20(15)11(2)12-3-6-17-7-4-12/h3-11H,1-2H3. The molecule has 0 saturated carbocycles. The molecule has 0 radical (unpaired) electrons. The number of imidazole rings is 1. The van der Waals surface area contributed by atoms with Crippen molar-refractivity contribution in [2.75, 3.05) is 0 Å². The van der Waals surface area contributed by atoms with Gasteiger partial charge in [-0.3, -0.25) is 9.97 Å². The van der Waals surface area contributed by atoms with Crippen molar-refractivity contribution in [3.63, 3.8) is 0 Å². The zero-order valence-electron chi connectivity index (χ0n) is 11.4. The lowest BCUT2D eigenvalue weighted by Gasteiger charge is -2.18. The van der Waals surface area contributed by atoms with Crippen LogP contribution in [0.25, 0.3) is 11.0 Å². The fourth-order valence-corrected chi connectivity index (χ4v) is 2.60. The van der Waals surface area contributed by atoms with Crippen LogP contribution in [0.3, 0.4) is 0 Å². The van der Waals surface area contributed by atoms with E-state index in [0.717, 1.165) is 16.9 Å². The smallest absolute Gasteiger partial charge is 0.128 e. The summed E-state index contributed by atoms with van der Waals surface area (Å²) in [4.78, 5) is 12.8. The molecule has 3 heterocycles. The fourth-order valence-electron chi connectivity index (χ4n) is 2.45. The fraction of sp³-hybridized carbons (Fsp3) is 0.267. The van der Waals surface area contributed by atoms with Crippen LogP contribution in [0.2, 0.25) is 0 Å². The number of pyridine rings is 2. The van der Waals surface area contributed by atoms with Crippen LogP contribution in [-0.4, -0.2) is 19.5 Å². The van der Waals surface area contributed by atoms with E-state index in [0.29, 0.717) is 0 Å². The van der Waals surface area contributed by atoms with Gasteiger partial charge in [-0.05, 0) is 37.6 Å². The van der Waals surface area contributed by atoms with Crippen LogP contribution < -0.4 is 0 Å². The lowest BCUT2D eigenvalue weighted by molar-refractivity contribution is 0.618. The molecule has 4 nitrogen and oxygen atoms in total. The Morgan fingerprint density at radius 3 is 2.45 bits per heavy atom. The van der Waals surface area contributed by atoms with Crippen LogP contribution in [-0.2, 0) is 0 Å². The lowest BCUT2D eigenvalue weighted by Crippen LogP contribution is -2.11. The minimum absolute atomic E-state index is 0.140. The van der Waals surface area contributed by atoms with Gasteiger partial charge in [-0.25, -0.2) is 4.98 Å². The minimum atomic E-state index is -0.160. The van der Waals surface area contributed by atoms with Crippen molar-refractivity contribution in [1.82, 2.24) is 19.5 Å². The van der Waals surface area contributed by atoms with Gasteiger partial charge in [0.25, 0.3) is 0 Å². The number of nitrogens with zero attached hydrogens (tertiary/aromatic N) is 4. The molecular weight excluding hydrogens is 272 g/mol. The highest BCUT2D eigenvalue weighted by Crippen LogP contribution is 2.30. The van der Waals surface area contributed by atoms with Gasteiger partial charge in [0.15, 0.2) is 0 Å². The van der Waals surface area contributed by atoms with Gasteiger partial charge in [0, 0.05) is 18.6 Å². The third-order valence-electron chi connectivity index (χ3n) is 3.45. The SMILES string of the molecule is CC(Cl)c1nc2cnccc2n1C(C)c1ccncc1. The molecule has 3 aromatic heterocycles. The first kappa shape index (κ1) is 13.1. The minimum Gasteiger partial charge on any atom is -0.319 e. The van der Waals surface area contributed by atoms with E-state index in [2.05, 4.69) is 26.4 Å². The van der Waals surface area contributed by atoms with Gasteiger partial charge >= 0.3 is 0 Å². The van der Waals surface area contributed by atoms with Gasteiger partial charge in [0.05, 0.1) is 23.1 Å². The first-order chi connectivity index (χ1) is 9.68. The first-order valence-corrected chi connectivity index (χ1v) is 6.98. The van der Waals surface area contributed by atoms with Gasteiger partial charge in [0.2, 0.25) is 0 Å². The van der Waals surface area contributed by atoms with Gasteiger partial charge < -0.3 is 4.57 Å². The van der Waals surface area contributed by atoms with Crippen molar-refractivity contribution in [1.29, 1.82) is 0 Å². The molecule has 0 aliphatic carbocycles. The van der Waals surface area contributed by atoms with Crippen LogP contribution in [0.4, 0.5) is 0 Å². The maximum Gasteiger partial charge on any atom is 0.128 e. The van der Waals surface area contributed by atoms with Crippen LogP contribution in [0.1, 0.15) is 36.7 Å². The molecule has 3 rings (SSSR count). The molecule has 0 bridgehead atoms. The van der Waals surface area contributed by atoms with E-state index in [4.69, 9.17) is 11.6 Å². The van der Waals surface area contributed by atoms with Crippen LogP contribution in [0.5, 0.6) is 0 Å². The normalized spacial score (nSPS) is 14.3. The molecule has 20 heavy (non-hydrogen) atoms. The maximum absolute atomic E-state index is 6.30. The number of hydrogen-bond acceptors (Lipinski definition) is 3. The highest BCUT2D eigenvalue weighted by Gasteiger charge is 2.19. The summed E-state index contributed by atoms with van der Waals surface area (Å²) in [5.74, 6) is 0.860. The van der Waals surface area contributed by atoms with Gasteiger partial charge in [-0.2, -0.15) is 0 Å². The molecule has 3 aromatic rings. The van der Waals surface area contributed by atoms with E-state index in [1.54, 1.807) is 24.8 Å². The summed E-state index contributed by atoms with van der Waals surface area (Å²) in [5.41, 5.74) is 3.09. The zero-order chi connectivity index (χ0) is 14.1. The quantitative estimate of drug-likeness (QED) is 0.689. The van der Waals surface area contributed by atoms with Crippen LogP contribution in [0.15, 0.2) is 43.0 Å². The number of halogens is 1. The molecule has 102 valence electrons. The Kier molecular flexibility index (Phi) is 3.40. The Bertz CT molecular complexity index is 721. The van der Waals surface area contributed by atoms with Crippen molar-refractivity contribution < 1.29 is 0 Å². The number of hydrogen-bond donors (Lipinski definition) is 0. The van der Waals surface area contributed by atoms with E-state index in [1.165, 1.54) is 5.56 Å². The second-order valence-electron chi connectivity index (χ2n) is 4.78. The second kappa shape index (κ2) is 5.21. The Hall–Kier alpha value is -1.94. The Balaban J connectivity index is 2.21. The maximum atomic E-state index is 6.30. The molecule has 0 N–H and O–H groups in total.